The lowest BCUT2D eigenvalue weighted by molar-refractivity contribution is 0.154. The van der Waals surface area contributed by atoms with Gasteiger partial charge in [0.05, 0.1) is 5.02 Å². The highest BCUT2D eigenvalue weighted by Crippen LogP contribution is 2.22. The zero-order valence-electron chi connectivity index (χ0n) is 8.17. The Morgan fingerprint density at radius 2 is 2.20 bits per heavy atom. The van der Waals surface area contributed by atoms with Crippen LogP contribution in [0.2, 0.25) is 5.02 Å². The monoisotopic (exact) mass is 230 g/mol. The van der Waals surface area contributed by atoms with Crippen molar-refractivity contribution in [2.24, 2.45) is 0 Å². The number of aromatic nitrogens is 1. The molecule has 0 bridgehead atoms. The van der Waals surface area contributed by atoms with Crippen LogP contribution in [0.4, 0.5) is 4.39 Å². The zero-order valence-corrected chi connectivity index (χ0v) is 8.93. The maximum atomic E-state index is 13.2. The van der Waals surface area contributed by atoms with Crippen LogP contribution in [0.15, 0.2) is 12.3 Å². The second kappa shape index (κ2) is 4.77. The van der Waals surface area contributed by atoms with Crippen LogP contribution in [0.25, 0.3) is 0 Å². The van der Waals surface area contributed by atoms with E-state index in [0.717, 1.165) is 25.9 Å². The summed E-state index contributed by atoms with van der Waals surface area (Å²) in [6.45, 7) is 1.81. The Kier molecular flexibility index (Phi) is 3.38. The van der Waals surface area contributed by atoms with E-state index in [-0.39, 0.29) is 11.9 Å². The van der Waals surface area contributed by atoms with E-state index in [1.54, 1.807) is 0 Å². The second-order valence-corrected chi connectivity index (χ2v) is 3.95. The second-order valence-electron chi connectivity index (χ2n) is 3.51. The number of rotatable bonds is 2. The Bertz CT molecular complexity index is 342. The van der Waals surface area contributed by atoms with Gasteiger partial charge in [0.2, 0.25) is 0 Å². The van der Waals surface area contributed by atoms with E-state index in [0.29, 0.717) is 5.02 Å². The van der Waals surface area contributed by atoms with Crippen molar-refractivity contribution >= 4 is 11.6 Å². The largest absolute Gasteiger partial charge is 0.485 e. The smallest absolute Gasteiger partial charge is 0.255 e. The van der Waals surface area contributed by atoms with Crippen molar-refractivity contribution in [2.75, 3.05) is 13.1 Å². The highest BCUT2D eigenvalue weighted by atomic mass is 35.5. The Hall–Kier alpha value is -0.870. The van der Waals surface area contributed by atoms with Crippen LogP contribution < -0.4 is 10.1 Å². The number of hydrogen-bond donors (Lipinski definition) is 1. The summed E-state index contributed by atoms with van der Waals surface area (Å²) in [6, 6.07) is 1.46. The minimum absolute atomic E-state index is 0.0565. The summed E-state index contributed by atoms with van der Waals surface area (Å²) in [5.74, 6) is -0.452. The molecular weight excluding hydrogens is 219 g/mol. The third-order valence-electron chi connectivity index (χ3n) is 2.35. The molecule has 3 nitrogen and oxygen atoms in total. The van der Waals surface area contributed by atoms with Gasteiger partial charge in [-0.1, -0.05) is 11.6 Å². The Balaban J connectivity index is 2.05. The van der Waals surface area contributed by atoms with Crippen LogP contribution in [0, 0.1) is 5.95 Å². The Labute approximate surface area is 92.6 Å². The minimum atomic E-state index is -0.599. The first-order chi connectivity index (χ1) is 7.25. The fraction of sp³-hybridized carbons (Fsp3) is 0.500. The molecular formula is C10H12ClFN2O. The van der Waals surface area contributed by atoms with Gasteiger partial charge in [-0.05, 0) is 25.9 Å². The SMILES string of the molecule is Fc1ncc(Cl)cc1OC1CCNCC1. The van der Waals surface area contributed by atoms with Gasteiger partial charge >= 0.3 is 0 Å². The van der Waals surface area contributed by atoms with E-state index >= 15 is 0 Å². The average Bonchev–Trinajstić information content (AvgIpc) is 2.25. The van der Waals surface area contributed by atoms with Crippen molar-refractivity contribution in [1.82, 2.24) is 10.3 Å². The lowest BCUT2D eigenvalue weighted by atomic mass is 10.1. The van der Waals surface area contributed by atoms with Crippen LogP contribution in [0.1, 0.15) is 12.8 Å². The normalized spacial score (nSPS) is 17.7. The van der Waals surface area contributed by atoms with Gasteiger partial charge in [0.1, 0.15) is 6.10 Å². The first kappa shape index (κ1) is 10.6. The van der Waals surface area contributed by atoms with E-state index in [1.807, 2.05) is 0 Å². The van der Waals surface area contributed by atoms with E-state index in [2.05, 4.69) is 10.3 Å². The number of piperidine rings is 1. The molecule has 0 atom stereocenters. The molecule has 15 heavy (non-hydrogen) atoms. The third-order valence-corrected chi connectivity index (χ3v) is 2.56. The predicted molar refractivity (Wildman–Crippen MR) is 55.7 cm³/mol. The molecule has 1 aliphatic heterocycles. The van der Waals surface area contributed by atoms with E-state index in [4.69, 9.17) is 16.3 Å². The molecule has 0 saturated carbocycles. The first-order valence-corrected chi connectivity index (χ1v) is 5.32. The summed E-state index contributed by atoms with van der Waals surface area (Å²) in [5, 5.41) is 3.60. The molecule has 0 spiro atoms. The Morgan fingerprint density at radius 3 is 2.93 bits per heavy atom. The molecule has 2 rings (SSSR count). The molecule has 1 saturated heterocycles. The van der Waals surface area contributed by atoms with Gasteiger partial charge in [-0.25, -0.2) is 4.98 Å². The van der Waals surface area contributed by atoms with Crippen molar-refractivity contribution in [2.45, 2.75) is 18.9 Å². The van der Waals surface area contributed by atoms with Gasteiger partial charge in [-0.15, -0.1) is 0 Å². The van der Waals surface area contributed by atoms with Gasteiger partial charge in [0.25, 0.3) is 5.95 Å². The summed E-state index contributed by atoms with van der Waals surface area (Å²) < 4.78 is 18.7. The molecule has 1 N–H and O–H groups in total. The standard InChI is InChI=1S/C10H12ClFN2O/c11-7-5-9(10(12)14-6-7)15-8-1-3-13-4-2-8/h5-6,8,13H,1-4H2. The van der Waals surface area contributed by atoms with Gasteiger partial charge in [0.15, 0.2) is 5.75 Å². The van der Waals surface area contributed by atoms with Gasteiger partial charge in [-0.2, -0.15) is 4.39 Å². The Morgan fingerprint density at radius 1 is 1.47 bits per heavy atom. The topological polar surface area (TPSA) is 34.1 Å². The molecule has 0 aromatic carbocycles. The van der Waals surface area contributed by atoms with Crippen molar-refractivity contribution < 1.29 is 9.13 Å². The van der Waals surface area contributed by atoms with Crippen LogP contribution >= 0.6 is 11.6 Å². The highest BCUT2D eigenvalue weighted by molar-refractivity contribution is 6.30. The number of nitrogens with one attached hydrogen (secondary N) is 1. The predicted octanol–water partition coefficient (Wildman–Crippen LogP) is 2.00. The molecule has 0 amide bonds. The fourth-order valence-electron chi connectivity index (χ4n) is 1.58. The number of halogens is 2. The average molecular weight is 231 g/mol. The molecule has 2 heterocycles. The van der Waals surface area contributed by atoms with Gasteiger partial charge in [-0.3, -0.25) is 0 Å². The molecule has 0 unspecified atom stereocenters. The van der Waals surface area contributed by atoms with Crippen LogP contribution in [-0.4, -0.2) is 24.2 Å². The molecule has 1 aromatic rings. The quantitative estimate of drug-likeness (QED) is 0.790. The maximum Gasteiger partial charge on any atom is 0.255 e. The molecule has 1 aromatic heterocycles. The maximum absolute atomic E-state index is 13.2. The minimum Gasteiger partial charge on any atom is -0.485 e. The van der Waals surface area contributed by atoms with Crippen molar-refractivity contribution in [3.63, 3.8) is 0 Å². The van der Waals surface area contributed by atoms with Gasteiger partial charge < -0.3 is 10.1 Å². The summed E-state index contributed by atoms with van der Waals surface area (Å²) >= 11 is 5.71. The molecule has 82 valence electrons. The number of pyridine rings is 1. The number of nitrogens with zero attached hydrogens (tertiary/aromatic N) is 1. The van der Waals surface area contributed by atoms with Crippen molar-refractivity contribution in [1.29, 1.82) is 0 Å². The number of hydrogen-bond acceptors (Lipinski definition) is 3. The third kappa shape index (κ3) is 2.79. The van der Waals surface area contributed by atoms with E-state index in [1.165, 1.54) is 12.3 Å². The van der Waals surface area contributed by atoms with Crippen LogP contribution in [0.3, 0.4) is 0 Å². The van der Waals surface area contributed by atoms with E-state index in [9.17, 15) is 4.39 Å². The number of ether oxygens (including phenoxy) is 1. The highest BCUT2D eigenvalue weighted by Gasteiger charge is 2.16. The first-order valence-electron chi connectivity index (χ1n) is 4.94. The molecule has 0 aliphatic carbocycles. The zero-order chi connectivity index (χ0) is 10.7. The molecule has 1 fully saturated rings. The summed E-state index contributed by atoms with van der Waals surface area (Å²) in [5.41, 5.74) is 0. The molecule has 0 radical (unpaired) electrons. The van der Waals surface area contributed by atoms with Gasteiger partial charge in [0, 0.05) is 12.3 Å². The van der Waals surface area contributed by atoms with Crippen LogP contribution in [0.5, 0.6) is 5.75 Å². The lowest BCUT2D eigenvalue weighted by Crippen LogP contribution is -2.34. The summed E-state index contributed by atoms with van der Waals surface area (Å²) in [4.78, 5) is 3.50. The molecule has 5 heteroatoms. The summed E-state index contributed by atoms with van der Waals surface area (Å²) in [6.07, 6.45) is 3.09. The van der Waals surface area contributed by atoms with Crippen molar-refractivity contribution in [3.05, 3.63) is 23.2 Å². The molecule has 1 aliphatic rings. The fourth-order valence-corrected chi connectivity index (χ4v) is 1.73. The lowest BCUT2D eigenvalue weighted by Gasteiger charge is -2.23. The summed E-state index contributed by atoms with van der Waals surface area (Å²) in [7, 11) is 0. The van der Waals surface area contributed by atoms with Crippen molar-refractivity contribution in [3.8, 4) is 5.75 Å². The van der Waals surface area contributed by atoms with Crippen LogP contribution in [-0.2, 0) is 0 Å². The van der Waals surface area contributed by atoms with E-state index < -0.39 is 5.95 Å².